The molecule has 0 N–H and O–H groups in total. The number of carbonyl (C=O) groups excluding carboxylic acids is 1. The maximum absolute atomic E-state index is 14.9. The lowest BCUT2D eigenvalue weighted by Gasteiger charge is -2.32. The largest absolute Gasteiger partial charge is 0.493 e. The van der Waals surface area contributed by atoms with E-state index in [2.05, 4.69) is 4.81 Å². The Morgan fingerprint density at radius 3 is 2.29 bits per heavy atom. The maximum atomic E-state index is 14.9. The molecule has 2 aromatic rings. The molecular formula is C26H30BCl2FN2O2. The molecule has 34 heavy (non-hydrogen) atoms. The van der Waals surface area contributed by atoms with Crippen molar-refractivity contribution in [3.63, 3.8) is 0 Å². The van der Waals surface area contributed by atoms with Crippen molar-refractivity contribution in [2.75, 3.05) is 32.8 Å². The minimum absolute atomic E-state index is 0.184. The lowest BCUT2D eigenvalue weighted by molar-refractivity contribution is 0.0788. The van der Waals surface area contributed by atoms with Gasteiger partial charge in [-0.3, -0.25) is 4.79 Å². The Morgan fingerprint density at radius 1 is 0.971 bits per heavy atom. The zero-order valence-corrected chi connectivity index (χ0v) is 20.9. The molecule has 5 rings (SSSR count). The molecule has 2 aliphatic heterocycles. The molecule has 2 saturated heterocycles. The SMILES string of the molecule is O=C(c1cc(C2CC2)c(OCC2CCN(Bc3cc(Cl)cc(Cl)c3)CC2)cc1F)N1CCCC1. The van der Waals surface area contributed by atoms with E-state index in [-0.39, 0.29) is 11.5 Å². The van der Waals surface area contributed by atoms with Crippen LogP contribution in [-0.2, 0) is 0 Å². The Kier molecular flexibility index (Phi) is 7.38. The van der Waals surface area contributed by atoms with Crippen molar-refractivity contribution in [2.45, 2.75) is 44.4 Å². The van der Waals surface area contributed by atoms with Crippen LogP contribution in [0.25, 0.3) is 0 Å². The smallest absolute Gasteiger partial charge is 0.256 e. The normalized spacial score (nSPS) is 19.4. The molecule has 3 fully saturated rings. The lowest BCUT2D eigenvalue weighted by atomic mass is 9.78. The number of rotatable bonds is 7. The number of carbonyl (C=O) groups is 1. The van der Waals surface area contributed by atoms with Crippen LogP contribution in [-0.4, -0.2) is 55.8 Å². The van der Waals surface area contributed by atoms with E-state index in [9.17, 15) is 9.18 Å². The summed E-state index contributed by atoms with van der Waals surface area (Å²) in [6, 6.07) is 8.91. The molecule has 3 aliphatic rings. The quantitative estimate of drug-likeness (QED) is 0.498. The molecule has 1 amide bonds. The first-order chi connectivity index (χ1) is 16.5. The van der Waals surface area contributed by atoms with Gasteiger partial charge >= 0.3 is 0 Å². The summed E-state index contributed by atoms with van der Waals surface area (Å²) in [6.07, 6.45) is 6.20. The van der Waals surface area contributed by atoms with E-state index < -0.39 is 5.82 Å². The summed E-state index contributed by atoms with van der Waals surface area (Å²) in [5, 5.41) is 1.33. The van der Waals surface area contributed by atoms with Gasteiger partial charge in [0, 0.05) is 29.2 Å². The molecule has 0 spiro atoms. The van der Waals surface area contributed by atoms with E-state index >= 15 is 0 Å². The Balaban J connectivity index is 1.18. The van der Waals surface area contributed by atoms with Gasteiger partial charge in [-0.2, -0.15) is 0 Å². The number of likely N-dealkylation sites (tertiary alicyclic amines) is 1. The van der Waals surface area contributed by atoms with Crippen molar-refractivity contribution in [2.24, 2.45) is 5.92 Å². The molecule has 4 nitrogen and oxygen atoms in total. The first-order valence-electron chi connectivity index (χ1n) is 12.4. The van der Waals surface area contributed by atoms with Gasteiger partial charge in [-0.05, 0) is 93.3 Å². The first kappa shape index (κ1) is 24.0. The third kappa shape index (κ3) is 5.72. The minimum Gasteiger partial charge on any atom is -0.493 e. The number of ether oxygens (including phenoxy) is 1. The minimum atomic E-state index is -0.466. The van der Waals surface area contributed by atoms with Gasteiger partial charge in [-0.25, -0.2) is 4.39 Å². The Labute approximate surface area is 211 Å². The predicted octanol–water partition coefficient (Wildman–Crippen LogP) is 5.01. The van der Waals surface area contributed by atoms with Gasteiger partial charge in [-0.1, -0.05) is 28.7 Å². The van der Waals surface area contributed by atoms with Crippen LogP contribution in [0.3, 0.4) is 0 Å². The average Bonchev–Trinajstić information content (AvgIpc) is 3.50. The Morgan fingerprint density at radius 2 is 1.65 bits per heavy atom. The second kappa shape index (κ2) is 10.5. The molecule has 2 aromatic carbocycles. The highest BCUT2D eigenvalue weighted by Crippen LogP contribution is 2.45. The van der Waals surface area contributed by atoms with Crippen molar-refractivity contribution < 1.29 is 13.9 Å². The summed E-state index contributed by atoms with van der Waals surface area (Å²) < 4.78 is 21.1. The van der Waals surface area contributed by atoms with Gasteiger partial charge in [-0.15, -0.1) is 0 Å². The summed E-state index contributed by atoms with van der Waals surface area (Å²) in [4.78, 5) is 17.0. The van der Waals surface area contributed by atoms with Crippen LogP contribution in [0.1, 0.15) is 60.4 Å². The summed E-state index contributed by atoms with van der Waals surface area (Å²) in [5.41, 5.74) is 2.32. The van der Waals surface area contributed by atoms with E-state index in [1.165, 1.54) is 6.07 Å². The predicted molar refractivity (Wildman–Crippen MR) is 137 cm³/mol. The summed E-state index contributed by atoms with van der Waals surface area (Å²) >= 11 is 12.3. The molecule has 8 heteroatoms. The molecule has 180 valence electrons. The monoisotopic (exact) mass is 502 g/mol. The molecule has 0 radical (unpaired) electrons. The fourth-order valence-electron chi connectivity index (χ4n) is 5.14. The van der Waals surface area contributed by atoms with Crippen molar-refractivity contribution in [3.8, 4) is 5.75 Å². The van der Waals surface area contributed by atoms with Crippen molar-refractivity contribution in [1.82, 2.24) is 9.71 Å². The van der Waals surface area contributed by atoms with Gasteiger partial charge in [0.15, 0.2) is 0 Å². The molecule has 0 atom stereocenters. The molecule has 0 aromatic heterocycles. The second-order valence-corrected chi connectivity index (χ2v) is 10.8. The molecule has 1 saturated carbocycles. The van der Waals surface area contributed by atoms with Crippen LogP contribution in [0.2, 0.25) is 10.0 Å². The van der Waals surface area contributed by atoms with Crippen molar-refractivity contribution in [1.29, 1.82) is 0 Å². The van der Waals surface area contributed by atoms with Gasteiger partial charge in [0.2, 0.25) is 7.41 Å². The average molecular weight is 503 g/mol. The topological polar surface area (TPSA) is 32.8 Å². The molecule has 0 bridgehead atoms. The third-order valence-electron chi connectivity index (χ3n) is 7.25. The van der Waals surface area contributed by atoms with E-state index in [0.717, 1.165) is 83.1 Å². The highest BCUT2D eigenvalue weighted by Gasteiger charge is 2.31. The van der Waals surface area contributed by atoms with Crippen molar-refractivity contribution in [3.05, 3.63) is 57.3 Å². The zero-order chi connectivity index (χ0) is 23.7. The number of benzene rings is 2. The maximum Gasteiger partial charge on any atom is 0.256 e. The molecule has 2 heterocycles. The highest BCUT2D eigenvalue weighted by molar-refractivity contribution is 6.52. The fraction of sp³-hybridized carbons (Fsp3) is 0.500. The van der Waals surface area contributed by atoms with E-state index in [1.54, 1.807) is 17.0 Å². The van der Waals surface area contributed by atoms with Crippen LogP contribution in [0.4, 0.5) is 4.39 Å². The molecule has 1 aliphatic carbocycles. The number of hydrogen-bond donors (Lipinski definition) is 0. The summed E-state index contributed by atoms with van der Waals surface area (Å²) in [5.74, 6) is 0.782. The van der Waals surface area contributed by atoms with Crippen LogP contribution < -0.4 is 10.2 Å². The zero-order valence-electron chi connectivity index (χ0n) is 19.4. The van der Waals surface area contributed by atoms with Gasteiger partial charge in [0.25, 0.3) is 5.91 Å². The van der Waals surface area contributed by atoms with E-state index in [1.807, 2.05) is 12.1 Å². The number of amides is 1. The van der Waals surface area contributed by atoms with E-state index in [0.29, 0.717) is 34.2 Å². The third-order valence-corrected chi connectivity index (χ3v) is 7.69. The van der Waals surface area contributed by atoms with Gasteiger partial charge < -0.3 is 14.4 Å². The fourth-order valence-corrected chi connectivity index (χ4v) is 5.72. The standard InChI is InChI=1S/C26H30BCl2FN2O2/c28-20-11-19(12-21(29)13-20)27-32-9-5-17(6-10-32)16-34-25-15-24(30)23(14-22(25)18-3-4-18)26(33)31-7-1-2-8-31/h11-15,17-18,27H,1-10,16H2. The Bertz CT molecular complexity index is 1030. The number of halogens is 3. The van der Waals surface area contributed by atoms with Crippen LogP contribution >= 0.6 is 23.2 Å². The lowest BCUT2D eigenvalue weighted by Crippen LogP contribution is -2.42. The number of piperidine rings is 1. The number of hydrogen-bond acceptors (Lipinski definition) is 3. The first-order valence-corrected chi connectivity index (χ1v) is 13.1. The highest BCUT2D eigenvalue weighted by atomic mass is 35.5. The van der Waals surface area contributed by atoms with Crippen LogP contribution in [0.5, 0.6) is 5.75 Å². The molecular weight excluding hydrogens is 473 g/mol. The van der Waals surface area contributed by atoms with E-state index in [4.69, 9.17) is 27.9 Å². The van der Waals surface area contributed by atoms with Gasteiger partial charge in [0.05, 0.1) is 12.2 Å². The van der Waals surface area contributed by atoms with Crippen LogP contribution in [0, 0.1) is 11.7 Å². The number of nitrogens with zero attached hydrogens (tertiary/aromatic N) is 2. The Hall–Kier alpha value is -1.76. The summed E-state index contributed by atoms with van der Waals surface area (Å²) in [6.45, 7) is 3.97. The summed E-state index contributed by atoms with van der Waals surface area (Å²) in [7, 11) is 0.831. The van der Waals surface area contributed by atoms with Crippen LogP contribution in [0.15, 0.2) is 30.3 Å². The molecule has 0 unspecified atom stereocenters. The second-order valence-electron chi connectivity index (χ2n) is 9.95. The van der Waals surface area contributed by atoms with Crippen molar-refractivity contribution >= 4 is 42.0 Å². The van der Waals surface area contributed by atoms with Gasteiger partial charge in [0.1, 0.15) is 11.6 Å².